The molecule has 0 aromatic heterocycles. The van der Waals surface area contributed by atoms with Crippen molar-refractivity contribution in [2.45, 2.75) is 32.6 Å². The van der Waals surface area contributed by atoms with E-state index in [9.17, 15) is 9.59 Å². The second-order valence-electron chi connectivity index (χ2n) is 3.94. The summed E-state index contributed by atoms with van der Waals surface area (Å²) in [6.07, 6.45) is 3.25. The average molecular weight is 182 g/mol. The van der Waals surface area contributed by atoms with E-state index in [0.717, 1.165) is 19.3 Å². The minimum atomic E-state index is -0.272. The molecule has 0 radical (unpaired) electrons. The van der Waals surface area contributed by atoms with Crippen LogP contribution in [0, 0.1) is 11.3 Å². The Balaban J connectivity index is 2.00. The maximum Gasteiger partial charge on any atom is 0.309 e. The first-order valence-electron chi connectivity index (χ1n) is 4.90. The van der Waals surface area contributed by atoms with Gasteiger partial charge in [-0.15, -0.1) is 0 Å². The van der Waals surface area contributed by atoms with E-state index in [1.54, 1.807) is 6.92 Å². The Hall–Kier alpha value is -0.860. The zero-order valence-electron chi connectivity index (χ0n) is 7.84. The van der Waals surface area contributed by atoms with Crippen LogP contribution in [0.5, 0.6) is 0 Å². The Morgan fingerprint density at radius 1 is 1.69 bits per heavy atom. The fraction of sp³-hybridized carbons (Fsp3) is 0.800. The fourth-order valence-electron chi connectivity index (χ4n) is 2.39. The lowest BCUT2D eigenvalue weighted by atomic mass is 10.0. The zero-order chi connectivity index (χ0) is 9.47. The predicted octanol–water partition coefficient (Wildman–Crippen LogP) is 1.31. The number of esters is 1. The molecule has 0 amide bonds. The van der Waals surface area contributed by atoms with Gasteiger partial charge in [0.15, 0.2) is 0 Å². The highest BCUT2D eigenvalue weighted by atomic mass is 16.5. The number of Topliss-reactive ketones (excluding diaryl/α,β-unsaturated/α-hetero) is 1. The number of rotatable bonds is 2. The van der Waals surface area contributed by atoms with Gasteiger partial charge in [-0.1, -0.05) is 0 Å². The topological polar surface area (TPSA) is 43.4 Å². The number of hydrogen-bond acceptors (Lipinski definition) is 3. The predicted molar refractivity (Wildman–Crippen MR) is 46.0 cm³/mol. The van der Waals surface area contributed by atoms with Crippen LogP contribution in [-0.2, 0) is 14.3 Å². The van der Waals surface area contributed by atoms with Crippen molar-refractivity contribution in [1.29, 1.82) is 0 Å². The molecule has 1 spiro atoms. The smallest absolute Gasteiger partial charge is 0.309 e. The highest BCUT2D eigenvalue weighted by Gasteiger charge is 2.64. The van der Waals surface area contributed by atoms with Crippen LogP contribution < -0.4 is 0 Å². The zero-order valence-corrected chi connectivity index (χ0v) is 7.84. The molecule has 2 aliphatic rings. The summed E-state index contributed by atoms with van der Waals surface area (Å²) in [5.41, 5.74) is -0.272. The van der Waals surface area contributed by atoms with E-state index in [-0.39, 0.29) is 23.1 Å². The molecule has 0 bridgehead atoms. The number of carbonyl (C=O) groups excluding carboxylic acids is 2. The lowest BCUT2D eigenvalue weighted by Crippen LogP contribution is -2.17. The second kappa shape index (κ2) is 2.82. The van der Waals surface area contributed by atoms with Gasteiger partial charge in [0.1, 0.15) is 5.78 Å². The molecule has 2 atom stereocenters. The first-order valence-corrected chi connectivity index (χ1v) is 4.90. The van der Waals surface area contributed by atoms with E-state index in [0.29, 0.717) is 13.0 Å². The van der Waals surface area contributed by atoms with E-state index in [1.807, 2.05) is 0 Å². The summed E-state index contributed by atoms with van der Waals surface area (Å²) in [6.45, 7) is 2.21. The maximum atomic E-state index is 11.5. The highest BCUT2D eigenvalue weighted by molar-refractivity contribution is 5.96. The van der Waals surface area contributed by atoms with Gasteiger partial charge in [0.25, 0.3) is 0 Å². The van der Waals surface area contributed by atoms with Gasteiger partial charge in [-0.05, 0) is 26.2 Å². The van der Waals surface area contributed by atoms with Crippen molar-refractivity contribution in [1.82, 2.24) is 0 Å². The van der Waals surface area contributed by atoms with Gasteiger partial charge in [-0.25, -0.2) is 0 Å². The average Bonchev–Trinajstić information content (AvgIpc) is 2.70. The Bertz CT molecular complexity index is 259. The number of ketones is 1. The van der Waals surface area contributed by atoms with Crippen LogP contribution in [-0.4, -0.2) is 18.4 Å². The molecular weight excluding hydrogens is 168 g/mol. The summed E-state index contributed by atoms with van der Waals surface area (Å²) in [4.78, 5) is 22.8. The summed E-state index contributed by atoms with van der Waals surface area (Å²) in [7, 11) is 0. The molecule has 0 aromatic carbocycles. The molecule has 2 saturated carbocycles. The Morgan fingerprint density at radius 2 is 2.46 bits per heavy atom. The Morgan fingerprint density at radius 3 is 3.00 bits per heavy atom. The van der Waals surface area contributed by atoms with Crippen molar-refractivity contribution in [3.63, 3.8) is 0 Å². The van der Waals surface area contributed by atoms with Crippen LogP contribution in [0.1, 0.15) is 32.6 Å². The van der Waals surface area contributed by atoms with E-state index in [1.165, 1.54) is 0 Å². The molecule has 2 unspecified atom stereocenters. The summed E-state index contributed by atoms with van der Waals surface area (Å²) < 4.78 is 4.91. The van der Waals surface area contributed by atoms with Crippen LogP contribution in [0.3, 0.4) is 0 Å². The van der Waals surface area contributed by atoms with Crippen molar-refractivity contribution in [2.75, 3.05) is 6.61 Å². The van der Waals surface area contributed by atoms with Crippen molar-refractivity contribution in [2.24, 2.45) is 11.3 Å². The molecule has 2 fully saturated rings. The van der Waals surface area contributed by atoms with Crippen molar-refractivity contribution >= 4 is 11.8 Å². The summed E-state index contributed by atoms with van der Waals surface area (Å²) in [5.74, 6) is 0.00533. The fourth-order valence-corrected chi connectivity index (χ4v) is 2.39. The lowest BCUT2D eigenvalue weighted by molar-refractivity contribution is -0.146. The summed E-state index contributed by atoms with van der Waals surface area (Å²) >= 11 is 0. The molecule has 0 heterocycles. The van der Waals surface area contributed by atoms with Gasteiger partial charge in [0, 0.05) is 11.8 Å². The normalized spacial score (nSPS) is 36.7. The molecule has 0 N–H and O–H groups in total. The molecule has 72 valence electrons. The molecule has 2 aliphatic carbocycles. The molecule has 0 aromatic rings. The maximum absolute atomic E-state index is 11.5. The summed E-state index contributed by atoms with van der Waals surface area (Å²) in [6, 6.07) is 0. The largest absolute Gasteiger partial charge is 0.466 e. The van der Waals surface area contributed by atoms with Gasteiger partial charge in [-0.3, -0.25) is 9.59 Å². The number of carbonyl (C=O) groups is 2. The molecule has 0 saturated heterocycles. The van der Waals surface area contributed by atoms with Gasteiger partial charge in [-0.2, -0.15) is 0 Å². The molecule has 0 aliphatic heterocycles. The lowest BCUT2D eigenvalue weighted by Gasteiger charge is -2.05. The van der Waals surface area contributed by atoms with Gasteiger partial charge in [0.05, 0.1) is 12.5 Å². The minimum Gasteiger partial charge on any atom is -0.466 e. The molecule has 3 nitrogen and oxygen atoms in total. The third-order valence-corrected chi connectivity index (χ3v) is 3.23. The minimum absolute atomic E-state index is 0.109. The SMILES string of the molecule is CCOC(=O)C1CC12CCCC2=O. The van der Waals surface area contributed by atoms with E-state index >= 15 is 0 Å². The Kier molecular flexibility index (Phi) is 1.90. The number of ether oxygens (including phenoxy) is 1. The van der Waals surface area contributed by atoms with Crippen molar-refractivity contribution in [3.8, 4) is 0 Å². The highest BCUT2D eigenvalue weighted by Crippen LogP contribution is 2.61. The third kappa shape index (κ3) is 1.18. The van der Waals surface area contributed by atoms with Crippen LogP contribution in [0.25, 0.3) is 0 Å². The van der Waals surface area contributed by atoms with Crippen LogP contribution in [0.4, 0.5) is 0 Å². The third-order valence-electron chi connectivity index (χ3n) is 3.23. The van der Waals surface area contributed by atoms with Crippen molar-refractivity contribution < 1.29 is 14.3 Å². The van der Waals surface area contributed by atoms with Crippen LogP contribution in [0.2, 0.25) is 0 Å². The molecule has 3 heteroatoms. The standard InChI is InChI=1S/C10H14O3/c1-2-13-9(12)7-6-10(7)5-3-4-8(10)11/h7H,2-6H2,1H3. The van der Waals surface area contributed by atoms with Gasteiger partial charge >= 0.3 is 5.97 Å². The summed E-state index contributed by atoms with van der Waals surface area (Å²) in [5, 5.41) is 0. The molecule has 13 heavy (non-hydrogen) atoms. The van der Waals surface area contributed by atoms with Gasteiger partial charge < -0.3 is 4.74 Å². The van der Waals surface area contributed by atoms with E-state index in [4.69, 9.17) is 4.74 Å². The van der Waals surface area contributed by atoms with Gasteiger partial charge in [0.2, 0.25) is 0 Å². The molecular formula is C10H14O3. The van der Waals surface area contributed by atoms with Crippen molar-refractivity contribution in [3.05, 3.63) is 0 Å². The molecule has 2 rings (SSSR count). The quantitative estimate of drug-likeness (QED) is 0.605. The van der Waals surface area contributed by atoms with Crippen LogP contribution >= 0.6 is 0 Å². The second-order valence-corrected chi connectivity index (χ2v) is 3.94. The number of hydrogen-bond donors (Lipinski definition) is 0. The van der Waals surface area contributed by atoms with E-state index < -0.39 is 0 Å². The first-order chi connectivity index (χ1) is 6.20. The monoisotopic (exact) mass is 182 g/mol. The Labute approximate surface area is 77.4 Å². The first kappa shape index (κ1) is 8.73. The van der Waals surface area contributed by atoms with E-state index in [2.05, 4.69) is 0 Å². The van der Waals surface area contributed by atoms with Crippen LogP contribution in [0.15, 0.2) is 0 Å².